The van der Waals surface area contributed by atoms with Crippen molar-refractivity contribution < 1.29 is 5.11 Å². The Morgan fingerprint density at radius 1 is 1.29 bits per heavy atom. The lowest BCUT2D eigenvalue weighted by molar-refractivity contribution is -0.0114. The van der Waals surface area contributed by atoms with Gasteiger partial charge in [0.2, 0.25) is 0 Å². The van der Waals surface area contributed by atoms with Crippen LogP contribution < -0.4 is 5.32 Å². The molecule has 1 aromatic carbocycles. The second-order valence-corrected chi connectivity index (χ2v) is 5.27. The zero-order valence-electron chi connectivity index (χ0n) is 9.69. The third kappa shape index (κ3) is 1.84. The molecule has 2 heterocycles. The molecule has 0 aliphatic carbocycles. The lowest BCUT2D eigenvalue weighted by atomic mass is 9.81. The van der Waals surface area contributed by atoms with Crippen LogP contribution in [0.4, 0.5) is 0 Å². The van der Waals surface area contributed by atoms with E-state index in [0.717, 1.165) is 31.2 Å². The van der Waals surface area contributed by atoms with Crippen LogP contribution in [0.15, 0.2) is 24.3 Å². The Morgan fingerprint density at radius 2 is 2.00 bits per heavy atom. The zero-order valence-corrected chi connectivity index (χ0v) is 9.69. The molecule has 2 fully saturated rings. The van der Waals surface area contributed by atoms with Gasteiger partial charge in [0.15, 0.2) is 0 Å². The fourth-order valence-electron chi connectivity index (χ4n) is 3.24. The van der Waals surface area contributed by atoms with Crippen molar-refractivity contribution in [1.29, 1.82) is 5.26 Å². The molecule has 0 radical (unpaired) electrons. The average Bonchev–Trinajstić information content (AvgIpc) is 2.69. The van der Waals surface area contributed by atoms with Gasteiger partial charge in [-0.1, -0.05) is 12.1 Å². The number of hydrogen-bond acceptors (Lipinski definition) is 3. The summed E-state index contributed by atoms with van der Waals surface area (Å²) in [6.45, 7) is 0. The predicted octanol–water partition coefficient (Wildman–Crippen LogP) is 1.66. The van der Waals surface area contributed by atoms with E-state index in [0.29, 0.717) is 17.6 Å². The molecular formula is C14H16N2O. The highest BCUT2D eigenvalue weighted by molar-refractivity contribution is 5.36. The Morgan fingerprint density at radius 3 is 2.65 bits per heavy atom. The Kier molecular flexibility index (Phi) is 2.43. The maximum Gasteiger partial charge on any atom is 0.0991 e. The molecule has 2 bridgehead atoms. The highest BCUT2D eigenvalue weighted by Crippen LogP contribution is 2.40. The number of aliphatic hydroxyl groups is 1. The van der Waals surface area contributed by atoms with Gasteiger partial charge in [-0.3, -0.25) is 0 Å². The minimum absolute atomic E-state index is 0.435. The third-order valence-electron chi connectivity index (χ3n) is 4.03. The highest BCUT2D eigenvalue weighted by Gasteiger charge is 2.43. The number of hydrogen-bond donors (Lipinski definition) is 2. The molecule has 0 spiro atoms. The second kappa shape index (κ2) is 3.83. The van der Waals surface area contributed by atoms with Crippen LogP contribution in [0.5, 0.6) is 0 Å². The number of rotatable bonds is 1. The Balaban J connectivity index is 1.94. The molecule has 2 aliphatic rings. The lowest BCUT2D eigenvalue weighted by Crippen LogP contribution is -2.46. The molecule has 2 N–H and O–H groups in total. The number of benzene rings is 1. The molecule has 2 atom stereocenters. The number of fused-ring (bicyclic) bond motifs is 2. The van der Waals surface area contributed by atoms with Crippen molar-refractivity contribution in [3.63, 3.8) is 0 Å². The highest BCUT2D eigenvalue weighted by atomic mass is 16.3. The first-order valence-electron chi connectivity index (χ1n) is 6.19. The Bertz CT molecular complexity index is 465. The van der Waals surface area contributed by atoms with Gasteiger partial charge in [-0.15, -0.1) is 0 Å². The van der Waals surface area contributed by atoms with E-state index in [4.69, 9.17) is 5.26 Å². The second-order valence-electron chi connectivity index (χ2n) is 5.27. The molecule has 2 unspecified atom stereocenters. The van der Waals surface area contributed by atoms with E-state index in [1.54, 1.807) is 6.07 Å². The van der Waals surface area contributed by atoms with Crippen LogP contribution in [0.3, 0.4) is 0 Å². The fourth-order valence-corrected chi connectivity index (χ4v) is 3.24. The van der Waals surface area contributed by atoms with Crippen LogP contribution in [0.1, 0.15) is 36.8 Å². The quantitative estimate of drug-likeness (QED) is 0.768. The van der Waals surface area contributed by atoms with E-state index >= 15 is 0 Å². The molecule has 1 aromatic rings. The van der Waals surface area contributed by atoms with Gasteiger partial charge in [-0.25, -0.2) is 0 Å². The van der Waals surface area contributed by atoms with Gasteiger partial charge in [0.25, 0.3) is 0 Å². The minimum atomic E-state index is -0.746. The number of nitrogens with one attached hydrogen (secondary N) is 1. The van der Waals surface area contributed by atoms with E-state index in [9.17, 15) is 5.11 Å². The van der Waals surface area contributed by atoms with Crippen LogP contribution in [0, 0.1) is 11.3 Å². The van der Waals surface area contributed by atoms with E-state index in [-0.39, 0.29) is 0 Å². The molecule has 2 saturated heterocycles. The summed E-state index contributed by atoms with van der Waals surface area (Å²) in [5.74, 6) is 0. The van der Waals surface area contributed by atoms with Crippen LogP contribution >= 0.6 is 0 Å². The van der Waals surface area contributed by atoms with Crippen molar-refractivity contribution in [3.8, 4) is 6.07 Å². The molecule has 0 aromatic heterocycles. The first kappa shape index (κ1) is 10.8. The molecule has 0 saturated carbocycles. The van der Waals surface area contributed by atoms with Crippen molar-refractivity contribution in [3.05, 3.63) is 35.4 Å². The average molecular weight is 228 g/mol. The molecule has 17 heavy (non-hydrogen) atoms. The predicted molar refractivity (Wildman–Crippen MR) is 64.2 cm³/mol. The van der Waals surface area contributed by atoms with Crippen molar-refractivity contribution in [1.82, 2.24) is 5.32 Å². The fraction of sp³-hybridized carbons (Fsp3) is 0.500. The number of nitrogens with zero attached hydrogens (tertiary/aromatic N) is 1. The summed E-state index contributed by atoms with van der Waals surface area (Å²) in [6.07, 6.45) is 3.84. The van der Waals surface area contributed by atoms with E-state index < -0.39 is 5.60 Å². The molecule has 3 rings (SSSR count). The monoisotopic (exact) mass is 228 g/mol. The first-order valence-corrected chi connectivity index (χ1v) is 6.19. The molecule has 2 aliphatic heterocycles. The summed E-state index contributed by atoms with van der Waals surface area (Å²) in [6, 6.07) is 10.4. The standard InChI is InChI=1S/C14H16N2O/c15-9-10-2-1-3-11(6-10)14(17)7-12-4-5-13(8-14)16-12/h1-3,6,12-13,16-17H,4-5,7-8H2. The van der Waals surface area contributed by atoms with Crippen molar-refractivity contribution in [2.24, 2.45) is 0 Å². The number of piperidine rings is 1. The zero-order chi connectivity index (χ0) is 11.9. The van der Waals surface area contributed by atoms with Gasteiger partial charge in [0.05, 0.1) is 17.2 Å². The van der Waals surface area contributed by atoms with Gasteiger partial charge < -0.3 is 10.4 Å². The van der Waals surface area contributed by atoms with Crippen molar-refractivity contribution in [2.45, 2.75) is 43.4 Å². The Labute approximate surface area is 101 Å². The van der Waals surface area contributed by atoms with Crippen molar-refractivity contribution >= 4 is 0 Å². The SMILES string of the molecule is N#Cc1cccc(C2(O)CC3CCC(C2)N3)c1. The summed E-state index contributed by atoms with van der Waals surface area (Å²) in [5.41, 5.74) is 0.779. The van der Waals surface area contributed by atoms with Gasteiger partial charge in [0.1, 0.15) is 0 Å². The lowest BCUT2D eigenvalue weighted by Gasteiger charge is -2.37. The molecule has 3 heteroatoms. The Hall–Kier alpha value is -1.37. The van der Waals surface area contributed by atoms with Crippen LogP contribution in [-0.4, -0.2) is 17.2 Å². The van der Waals surface area contributed by atoms with Gasteiger partial charge >= 0.3 is 0 Å². The normalized spacial score (nSPS) is 35.5. The smallest absolute Gasteiger partial charge is 0.0991 e. The molecular weight excluding hydrogens is 212 g/mol. The van der Waals surface area contributed by atoms with E-state index in [2.05, 4.69) is 11.4 Å². The molecule has 3 nitrogen and oxygen atoms in total. The summed E-state index contributed by atoms with van der Waals surface area (Å²) < 4.78 is 0. The van der Waals surface area contributed by atoms with E-state index in [1.165, 1.54) is 0 Å². The van der Waals surface area contributed by atoms with Crippen LogP contribution in [0.25, 0.3) is 0 Å². The third-order valence-corrected chi connectivity index (χ3v) is 4.03. The van der Waals surface area contributed by atoms with Gasteiger partial charge in [0, 0.05) is 12.1 Å². The summed E-state index contributed by atoms with van der Waals surface area (Å²) in [5, 5.41) is 23.2. The minimum Gasteiger partial charge on any atom is -0.385 e. The largest absolute Gasteiger partial charge is 0.385 e. The maximum absolute atomic E-state index is 10.8. The van der Waals surface area contributed by atoms with Gasteiger partial charge in [-0.2, -0.15) is 5.26 Å². The summed E-state index contributed by atoms with van der Waals surface area (Å²) in [4.78, 5) is 0. The maximum atomic E-state index is 10.8. The van der Waals surface area contributed by atoms with Gasteiger partial charge in [-0.05, 0) is 43.4 Å². The van der Waals surface area contributed by atoms with Crippen molar-refractivity contribution in [2.75, 3.05) is 0 Å². The first-order chi connectivity index (χ1) is 8.19. The molecule has 88 valence electrons. The summed E-state index contributed by atoms with van der Waals surface area (Å²) >= 11 is 0. The summed E-state index contributed by atoms with van der Waals surface area (Å²) in [7, 11) is 0. The van der Waals surface area contributed by atoms with E-state index in [1.807, 2.05) is 18.2 Å². The molecule has 0 amide bonds. The van der Waals surface area contributed by atoms with Crippen LogP contribution in [-0.2, 0) is 5.60 Å². The topological polar surface area (TPSA) is 56.0 Å². The number of nitriles is 1. The van der Waals surface area contributed by atoms with Crippen LogP contribution in [0.2, 0.25) is 0 Å².